The molecule has 0 saturated heterocycles. The fraction of sp³-hybridized carbons (Fsp3) is 0.714. The molecule has 0 aliphatic carbocycles. The molecule has 0 radical (unpaired) electrons. The molecule has 5 nitrogen and oxygen atoms in total. The van der Waals surface area contributed by atoms with E-state index in [1.54, 1.807) is 0 Å². The van der Waals surface area contributed by atoms with Gasteiger partial charge < -0.3 is 14.9 Å². The lowest BCUT2D eigenvalue weighted by Crippen LogP contribution is -2.41. The predicted molar refractivity (Wildman–Crippen MR) is 72.9 cm³/mol. The zero-order chi connectivity index (χ0) is 14.6. The molecule has 1 heterocycles. The average molecular weight is 268 g/mol. The quantitative estimate of drug-likeness (QED) is 0.826. The van der Waals surface area contributed by atoms with E-state index in [0.717, 1.165) is 11.3 Å². The molecule has 108 valence electrons. The second kappa shape index (κ2) is 6.70. The Bertz CT molecular complexity index is 407. The van der Waals surface area contributed by atoms with Gasteiger partial charge in [0.25, 0.3) is 0 Å². The molecular formula is C14H24N2O3. The van der Waals surface area contributed by atoms with E-state index in [0.29, 0.717) is 12.2 Å². The largest absolute Gasteiger partial charge is 0.396 e. The van der Waals surface area contributed by atoms with Crippen molar-refractivity contribution < 1.29 is 14.4 Å². The van der Waals surface area contributed by atoms with E-state index in [-0.39, 0.29) is 30.4 Å². The number of carbonyl (C=O) groups excluding carboxylic acids is 1. The van der Waals surface area contributed by atoms with E-state index in [4.69, 9.17) is 9.63 Å². The Labute approximate surface area is 114 Å². The third-order valence-corrected chi connectivity index (χ3v) is 3.49. The van der Waals surface area contributed by atoms with Gasteiger partial charge in [-0.1, -0.05) is 19.0 Å². The van der Waals surface area contributed by atoms with E-state index in [9.17, 15) is 4.79 Å². The number of hydrogen-bond acceptors (Lipinski definition) is 4. The van der Waals surface area contributed by atoms with Crippen molar-refractivity contribution >= 4 is 5.91 Å². The topological polar surface area (TPSA) is 75.4 Å². The first kappa shape index (κ1) is 15.7. The van der Waals surface area contributed by atoms with Gasteiger partial charge in [-0.15, -0.1) is 0 Å². The lowest BCUT2D eigenvalue weighted by Gasteiger charge is -2.23. The van der Waals surface area contributed by atoms with Gasteiger partial charge >= 0.3 is 0 Å². The van der Waals surface area contributed by atoms with Gasteiger partial charge in [0.2, 0.25) is 5.91 Å². The maximum absolute atomic E-state index is 12.3. The first-order valence-electron chi connectivity index (χ1n) is 6.72. The minimum Gasteiger partial charge on any atom is -0.396 e. The molecule has 1 aromatic rings. The Morgan fingerprint density at radius 2 is 2.00 bits per heavy atom. The number of aromatic nitrogens is 1. The van der Waals surface area contributed by atoms with Crippen molar-refractivity contribution in [2.75, 3.05) is 6.61 Å². The summed E-state index contributed by atoms with van der Waals surface area (Å²) in [5, 5.41) is 15.9. The van der Waals surface area contributed by atoms with Crippen molar-refractivity contribution in [3.63, 3.8) is 0 Å². The summed E-state index contributed by atoms with van der Waals surface area (Å²) in [5.41, 5.74) is 1.60. The van der Waals surface area contributed by atoms with Crippen molar-refractivity contribution in [3.05, 3.63) is 17.0 Å². The predicted octanol–water partition coefficient (Wildman–Crippen LogP) is 1.92. The monoisotopic (exact) mass is 268 g/mol. The van der Waals surface area contributed by atoms with Gasteiger partial charge in [0, 0.05) is 18.2 Å². The van der Waals surface area contributed by atoms with Crippen LogP contribution in [0.5, 0.6) is 0 Å². The Balaban J connectivity index is 2.77. The van der Waals surface area contributed by atoms with Gasteiger partial charge in [0.1, 0.15) is 5.76 Å². The molecule has 0 aromatic carbocycles. The van der Waals surface area contributed by atoms with E-state index in [1.165, 1.54) is 0 Å². The molecule has 5 heteroatoms. The number of rotatable bonds is 6. The SMILES string of the molecule is Cc1noc(C)c1C(C)C(=O)NC(CCO)C(C)C. The molecule has 1 amide bonds. The number of aliphatic hydroxyl groups is 1. The Hall–Kier alpha value is -1.36. The number of nitrogens with zero attached hydrogens (tertiary/aromatic N) is 1. The molecular weight excluding hydrogens is 244 g/mol. The third-order valence-electron chi connectivity index (χ3n) is 3.49. The number of hydrogen-bond donors (Lipinski definition) is 2. The van der Waals surface area contributed by atoms with Gasteiger partial charge in [0.15, 0.2) is 0 Å². The Kier molecular flexibility index (Phi) is 5.54. The van der Waals surface area contributed by atoms with Crippen LogP contribution in [0.15, 0.2) is 4.52 Å². The fourth-order valence-electron chi connectivity index (χ4n) is 2.26. The molecule has 1 rings (SSSR count). The highest BCUT2D eigenvalue weighted by atomic mass is 16.5. The summed E-state index contributed by atoms with van der Waals surface area (Å²) < 4.78 is 5.10. The molecule has 0 saturated carbocycles. The van der Waals surface area contributed by atoms with E-state index in [2.05, 4.69) is 10.5 Å². The molecule has 2 N–H and O–H groups in total. The van der Waals surface area contributed by atoms with Crippen molar-refractivity contribution in [3.8, 4) is 0 Å². The van der Waals surface area contributed by atoms with Crippen LogP contribution in [0.4, 0.5) is 0 Å². The smallest absolute Gasteiger partial charge is 0.227 e. The third kappa shape index (κ3) is 3.80. The van der Waals surface area contributed by atoms with Gasteiger partial charge in [-0.25, -0.2) is 0 Å². The molecule has 2 atom stereocenters. The van der Waals surface area contributed by atoms with Crippen LogP contribution in [0.1, 0.15) is 50.1 Å². The maximum atomic E-state index is 12.3. The van der Waals surface area contributed by atoms with E-state index >= 15 is 0 Å². The summed E-state index contributed by atoms with van der Waals surface area (Å²) in [5.74, 6) is 0.615. The summed E-state index contributed by atoms with van der Waals surface area (Å²) in [4.78, 5) is 12.3. The van der Waals surface area contributed by atoms with Gasteiger partial charge in [0.05, 0.1) is 11.6 Å². The van der Waals surface area contributed by atoms with Crippen LogP contribution in [0, 0.1) is 19.8 Å². The summed E-state index contributed by atoms with van der Waals surface area (Å²) in [6.07, 6.45) is 0.567. The number of carbonyl (C=O) groups is 1. The molecule has 2 unspecified atom stereocenters. The highest BCUT2D eigenvalue weighted by Crippen LogP contribution is 2.23. The van der Waals surface area contributed by atoms with Crippen LogP contribution in [-0.4, -0.2) is 28.8 Å². The zero-order valence-electron chi connectivity index (χ0n) is 12.4. The second-order valence-corrected chi connectivity index (χ2v) is 5.33. The summed E-state index contributed by atoms with van der Waals surface area (Å²) >= 11 is 0. The van der Waals surface area contributed by atoms with Crippen molar-refractivity contribution in [1.29, 1.82) is 0 Å². The second-order valence-electron chi connectivity index (χ2n) is 5.33. The fourth-order valence-corrected chi connectivity index (χ4v) is 2.26. The molecule has 0 aliphatic rings. The molecule has 0 spiro atoms. The number of aliphatic hydroxyl groups excluding tert-OH is 1. The number of amides is 1. The van der Waals surface area contributed by atoms with E-state index < -0.39 is 0 Å². The lowest BCUT2D eigenvalue weighted by atomic mass is 9.96. The van der Waals surface area contributed by atoms with Crippen LogP contribution in [0.2, 0.25) is 0 Å². The maximum Gasteiger partial charge on any atom is 0.227 e. The van der Waals surface area contributed by atoms with Gasteiger partial charge in [-0.05, 0) is 33.1 Å². The molecule has 0 bridgehead atoms. The minimum atomic E-state index is -0.300. The minimum absolute atomic E-state index is 0.0135. The van der Waals surface area contributed by atoms with Gasteiger partial charge in [-0.3, -0.25) is 4.79 Å². The first-order valence-corrected chi connectivity index (χ1v) is 6.72. The molecule has 19 heavy (non-hydrogen) atoms. The van der Waals surface area contributed by atoms with Crippen LogP contribution < -0.4 is 5.32 Å². The lowest BCUT2D eigenvalue weighted by molar-refractivity contribution is -0.123. The summed E-state index contributed by atoms with van der Waals surface area (Å²) in [7, 11) is 0. The van der Waals surface area contributed by atoms with Crippen LogP contribution >= 0.6 is 0 Å². The van der Waals surface area contributed by atoms with Crippen LogP contribution in [-0.2, 0) is 4.79 Å². The summed E-state index contributed by atoms with van der Waals surface area (Å²) in [6, 6.07) is -0.0135. The van der Waals surface area contributed by atoms with Crippen molar-refractivity contribution in [1.82, 2.24) is 10.5 Å². The standard InChI is InChI=1S/C14H24N2O3/c1-8(2)12(6-7-17)15-14(18)9(3)13-10(4)16-19-11(13)5/h8-9,12,17H,6-7H2,1-5H3,(H,15,18). The van der Waals surface area contributed by atoms with Crippen LogP contribution in [0.3, 0.4) is 0 Å². The Morgan fingerprint density at radius 1 is 1.37 bits per heavy atom. The zero-order valence-corrected chi connectivity index (χ0v) is 12.4. The van der Waals surface area contributed by atoms with Crippen molar-refractivity contribution in [2.45, 2.75) is 53.0 Å². The highest BCUT2D eigenvalue weighted by molar-refractivity contribution is 5.84. The number of aryl methyl sites for hydroxylation is 2. The summed E-state index contributed by atoms with van der Waals surface area (Å²) in [6.45, 7) is 9.62. The van der Waals surface area contributed by atoms with E-state index in [1.807, 2.05) is 34.6 Å². The Morgan fingerprint density at radius 3 is 2.42 bits per heavy atom. The molecule has 0 aliphatic heterocycles. The van der Waals surface area contributed by atoms with Gasteiger partial charge in [-0.2, -0.15) is 0 Å². The first-order chi connectivity index (χ1) is 8.88. The van der Waals surface area contributed by atoms with Crippen LogP contribution in [0.25, 0.3) is 0 Å². The highest BCUT2D eigenvalue weighted by Gasteiger charge is 2.25. The normalized spacial score (nSPS) is 14.5. The number of nitrogens with one attached hydrogen (secondary N) is 1. The molecule has 0 fully saturated rings. The van der Waals surface area contributed by atoms with Crippen molar-refractivity contribution in [2.24, 2.45) is 5.92 Å². The molecule has 1 aromatic heterocycles. The average Bonchev–Trinajstić information content (AvgIpc) is 2.67.